The van der Waals surface area contributed by atoms with Crippen LogP contribution in [0.1, 0.15) is 71.7 Å². The Morgan fingerprint density at radius 1 is 0.840 bits per heavy atom. The van der Waals surface area contributed by atoms with E-state index in [9.17, 15) is 31.2 Å². The van der Waals surface area contributed by atoms with Crippen LogP contribution >= 0.6 is 0 Å². The molecule has 0 unspecified atom stereocenters. The molecule has 4 bridgehead atoms. The van der Waals surface area contributed by atoms with E-state index in [-0.39, 0.29) is 40.9 Å². The van der Waals surface area contributed by atoms with Crippen molar-refractivity contribution in [2.24, 2.45) is 23.2 Å². The number of halogens is 3. The number of hydrogen-bond acceptors (Lipinski definition) is 6. The van der Waals surface area contributed by atoms with Gasteiger partial charge in [0.15, 0.2) is 0 Å². The lowest BCUT2D eigenvalue weighted by atomic mass is 9.50. The molecule has 3 aromatic carbocycles. The molecule has 4 saturated carbocycles. The minimum absolute atomic E-state index is 0.000756. The fraction of sp³-hybridized carbons (Fsp3) is 0.474. The van der Waals surface area contributed by atoms with Crippen molar-refractivity contribution in [3.05, 3.63) is 83.4 Å². The largest absolute Gasteiger partial charge is 0.494 e. The monoisotopic (exact) mass is 709 g/mol. The number of piperazine rings is 1. The third kappa shape index (κ3) is 7.36. The number of carbonyl (C=O) groups excluding carboxylic acids is 2. The lowest BCUT2D eigenvalue weighted by molar-refractivity contribution is -0.137. The predicted octanol–water partition coefficient (Wildman–Crippen LogP) is 7.01. The van der Waals surface area contributed by atoms with E-state index in [0.717, 1.165) is 37.1 Å². The number of sulfonamides is 1. The Morgan fingerprint density at radius 2 is 1.48 bits per heavy atom. The minimum atomic E-state index is -4.64. The Balaban J connectivity index is 0.977. The number of carbonyl (C=O) groups is 2. The highest BCUT2D eigenvalue weighted by molar-refractivity contribution is 7.90. The number of amides is 2. The number of rotatable bonds is 9. The van der Waals surface area contributed by atoms with Crippen molar-refractivity contribution in [1.29, 1.82) is 0 Å². The summed E-state index contributed by atoms with van der Waals surface area (Å²) in [6, 6.07) is 16.9. The zero-order valence-electron chi connectivity index (χ0n) is 28.0. The van der Waals surface area contributed by atoms with Gasteiger partial charge in [-0.3, -0.25) is 9.59 Å². The summed E-state index contributed by atoms with van der Waals surface area (Å²) in [6.45, 7) is 3.66. The molecular weight excluding hydrogens is 667 g/mol. The van der Waals surface area contributed by atoms with Gasteiger partial charge in [0.25, 0.3) is 11.8 Å². The molecule has 0 spiro atoms. The van der Waals surface area contributed by atoms with Crippen molar-refractivity contribution < 1.29 is 35.9 Å². The van der Waals surface area contributed by atoms with Gasteiger partial charge in [-0.1, -0.05) is 12.1 Å². The fourth-order valence-electron chi connectivity index (χ4n) is 9.29. The second kappa shape index (κ2) is 13.2. The first-order chi connectivity index (χ1) is 23.8. The molecule has 3 aromatic rings. The second-order valence-electron chi connectivity index (χ2n) is 14.7. The standard InChI is InChI=1S/C38H42F3N3O5S/c1-2-49-34-5-3-4-29(20-34)30-17-31(19-32(18-30)38(39,40)41)36(46)44-12-10-43(11-13-44)33-8-6-28(7-9-33)35(45)42-50(47,48)24-37-21-25-14-26(22-37)16-27(15-25)23-37/h3-9,17-20,25-27H,2,10-16,21-24H2,1H3,(H,42,45). The van der Waals surface area contributed by atoms with E-state index in [1.165, 1.54) is 25.3 Å². The average molecular weight is 710 g/mol. The Morgan fingerprint density at radius 3 is 2.08 bits per heavy atom. The Bertz CT molecular complexity index is 1840. The molecule has 8 nitrogen and oxygen atoms in total. The van der Waals surface area contributed by atoms with Crippen molar-refractivity contribution >= 4 is 27.5 Å². The smallest absolute Gasteiger partial charge is 0.416 e. The van der Waals surface area contributed by atoms with E-state index in [2.05, 4.69) is 4.72 Å². The van der Waals surface area contributed by atoms with Crippen molar-refractivity contribution in [3.8, 4) is 16.9 Å². The number of alkyl halides is 3. The lowest BCUT2D eigenvalue weighted by Gasteiger charge is -2.56. The van der Waals surface area contributed by atoms with E-state index in [1.54, 1.807) is 53.4 Å². The maximum atomic E-state index is 13.9. The molecule has 0 atom stereocenters. The Labute approximate surface area is 291 Å². The number of anilines is 1. The molecule has 266 valence electrons. The normalized spacial score (nSPS) is 24.7. The molecule has 50 heavy (non-hydrogen) atoms. The number of benzene rings is 3. The van der Waals surface area contributed by atoms with Crippen LogP contribution in [0.5, 0.6) is 5.75 Å². The van der Waals surface area contributed by atoms with Crippen molar-refractivity contribution in [2.75, 3.05) is 43.4 Å². The van der Waals surface area contributed by atoms with Crippen LogP contribution in [0.4, 0.5) is 18.9 Å². The van der Waals surface area contributed by atoms with Crippen LogP contribution in [0.25, 0.3) is 11.1 Å². The minimum Gasteiger partial charge on any atom is -0.494 e. The molecule has 1 heterocycles. The van der Waals surface area contributed by atoms with Gasteiger partial charge in [0.2, 0.25) is 10.0 Å². The maximum Gasteiger partial charge on any atom is 0.416 e. The first-order valence-electron chi connectivity index (χ1n) is 17.4. The van der Waals surface area contributed by atoms with Gasteiger partial charge in [0, 0.05) is 43.0 Å². The van der Waals surface area contributed by atoms with Gasteiger partial charge < -0.3 is 14.5 Å². The first-order valence-corrected chi connectivity index (χ1v) is 19.1. The van der Waals surface area contributed by atoms with E-state index >= 15 is 0 Å². The molecular formula is C38H42F3N3O5S. The molecule has 0 radical (unpaired) electrons. The predicted molar refractivity (Wildman–Crippen MR) is 184 cm³/mol. The van der Waals surface area contributed by atoms with E-state index in [0.29, 0.717) is 48.8 Å². The highest BCUT2D eigenvalue weighted by atomic mass is 32.2. The van der Waals surface area contributed by atoms with Gasteiger partial charge >= 0.3 is 6.18 Å². The molecule has 1 N–H and O–H groups in total. The summed E-state index contributed by atoms with van der Waals surface area (Å²) in [7, 11) is -3.81. The van der Waals surface area contributed by atoms with Crippen molar-refractivity contribution in [3.63, 3.8) is 0 Å². The molecule has 5 fully saturated rings. The molecule has 1 aliphatic heterocycles. The maximum absolute atomic E-state index is 13.9. The van der Waals surface area contributed by atoms with E-state index in [1.807, 2.05) is 11.8 Å². The van der Waals surface area contributed by atoms with E-state index < -0.39 is 33.6 Å². The van der Waals surface area contributed by atoms with Gasteiger partial charge in [-0.05, 0) is 134 Å². The van der Waals surface area contributed by atoms with Crippen LogP contribution in [-0.2, 0) is 16.2 Å². The molecule has 5 aliphatic rings. The summed E-state index contributed by atoms with van der Waals surface area (Å²) in [5.74, 6) is 1.23. The Hall–Kier alpha value is -4.06. The highest BCUT2D eigenvalue weighted by Crippen LogP contribution is 2.60. The average Bonchev–Trinajstić information content (AvgIpc) is 3.06. The third-order valence-electron chi connectivity index (χ3n) is 11.0. The fourth-order valence-corrected chi connectivity index (χ4v) is 10.9. The molecule has 2 amide bonds. The zero-order valence-corrected chi connectivity index (χ0v) is 28.9. The lowest BCUT2D eigenvalue weighted by Crippen LogP contribution is -2.51. The molecule has 8 rings (SSSR count). The van der Waals surface area contributed by atoms with Gasteiger partial charge in [-0.25, -0.2) is 13.1 Å². The number of ether oxygens (including phenoxy) is 1. The number of nitrogens with one attached hydrogen (secondary N) is 1. The topological polar surface area (TPSA) is 96.0 Å². The molecule has 12 heteroatoms. The van der Waals surface area contributed by atoms with Gasteiger partial charge in [0.1, 0.15) is 5.75 Å². The van der Waals surface area contributed by atoms with Crippen LogP contribution in [0.2, 0.25) is 0 Å². The quantitative estimate of drug-likeness (QED) is 0.257. The van der Waals surface area contributed by atoms with Crippen LogP contribution in [-0.4, -0.2) is 63.7 Å². The second-order valence-corrected chi connectivity index (χ2v) is 16.4. The van der Waals surface area contributed by atoms with Gasteiger partial charge in [-0.2, -0.15) is 13.2 Å². The Kier molecular flexibility index (Phi) is 9.11. The van der Waals surface area contributed by atoms with Crippen LogP contribution in [0.3, 0.4) is 0 Å². The van der Waals surface area contributed by atoms with Crippen LogP contribution in [0.15, 0.2) is 66.7 Å². The molecule has 1 saturated heterocycles. The molecule has 4 aliphatic carbocycles. The van der Waals surface area contributed by atoms with Gasteiger partial charge in [0.05, 0.1) is 17.9 Å². The molecule has 0 aromatic heterocycles. The number of hydrogen-bond donors (Lipinski definition) is 1. The van der Waals surface area contributed by atoms with Crippen molar-refractivity contribution in [1.82, 2.24) is 9.62 Å². The first kappa shape index (κ1) is 34.4. The zero-order chi connectivity index (χ0) is 35.3. The highest BCUT2D eigenvalue weighted by Gasteiger charge is 2.52. The van der Waals surface area contributed by atoms with Crippen LogP contribution < -0.4 is 14.4 Å². The summed E-state index contributed by atoms with van der Waals surface area (Å²) >= 11 is 0. The number of nitrogens with zero attached hydrogens (tertiary/aromatic N) is 2. The summed E-state index contributed by atoms with van der Waals surface area (Å²) in [5, 5.41) is 0. The summed E-state index contributed by atoms with van der Waals surface area (Å²) in [4.78, 5) is 30.1. The summed E-state index contributed by atoms with van der Waals surface area (Å²) in [5.41, 5.74) is 0.658. The third-order valence-corrected chi connectivity index (χ3v) is 12.4. The van der Waals surface area contributed by atoms with E-state index in [4.69, 9.17) is 4.74 Å². The summed E-state index contributed by atoms with van der Waals surface area (Å²) < 4.78 is 75.9. The summed E-state index contributed by atoms with van der Waals surface area (Å²) in [6.07, 6.45) is 1.81. The van der Waals surface area contributed by atoms with Gasteiger partial charge in [-0.15, -0.1) is 0 Å². The SMILES string of the molecule is CCOc1cccc(-c2cc(C(=O)N3CCN(c4ccc(C(=O)NS(=O)(=O)CC56CC7CC(CC(C7)C5)C6)cc4)CC3)cc(C(F)(F)F)c2)c1. The van der Waals surface area contributed by atoms with Crippen LogP contribution in [0, 0.1) is 23.2 Å². The van der Waals surface area contributed by atoms with Crippen molar-refractivity contribution in [2.45, 2.75) is 51.6 Å².